The van der Waals surface area contributed by atoms with Crippen molar-refractivity contribution in [3.05, 3.63) is 70.7 Å². The first kappa shape index (κ1) is 21.3. The number of thioether (sulfide) groups is 1. The lowest BCUT2D eigenvalue weighted by molar-refractivity contribution is -0.139. The van der Waals surface area contributed by atoms with E-state index in [0.29, 0.717) is 23.7 Å². The highest BCUT2D eigenvalue weighted by Gasteiger charge is 2.28. The van der Waals surface area contributed by atoms with Crippen LogP contribution in [0.2, 0.25) is 5.02 Å². The van der Waals surface area contributed by atoms with Crippen LogP contribution >= 0.6 is 23.4 Å². The van der Waals surface area contributed by atoms with E-state index in [1.807, 2.05) is 55.5 Å². The van der Waals surface area contributed by atoms with E-state index in [1.165, 1.54) is 5.56 Å². The van der Waals surface area contributed by atoms with Gasteiger partial charge in [-0.15, -0.1) is 11.8 Å². The summed E-state index contributed by atoms with van der Waals surface area (Å²) in [6, 6.07) is 16.9. The van der Waals surface area contributed by atoms with Gasteiger partial charge in [0.25, 0.3) is 0 Å². The van der Waals surface area contributed by atoms with Crippen LogP contribution in [0.25, 0.3) is 0 Å². The Morgan fingerprint density at radius 2 is 1.78 bits per heavy atom. The van der Waals surface area contributed by atoms with Crippen molar-refractivity contribution < 1.29 is 9.59 Å². The normalized spacial score (nSPS) is 11.7. The first-order valence-corrected chi connectivity index (χ1v) is 10.5. The number of hydrogen-bond acceptors (Lipinski definition) is 3. The van der Waals surface area contributed by atoms with Crippen LogP contribution in [0.1, 0.15) is 24.5 Å². The molecule has 2 aromatic carbocycles. The minimum absolute atomic E-state index is 0.0636. The Labute approximate surface area is 170 Å². The van der Waals surface area contributed by atoms with E-state index < -0.39 is 6.04 Å². The predicted octanol–water partition coefficient (Wildman–Crippen LogP) is 4.13. The summed E-state index contributed by atoms with van der Waals surface area (Å²) in [6.07, 6.45) is 0.541. The van der Waals surface area contributed by atoms with Gasteiger partial charge in [-0.2, -0.15) is 0 Å². The molecule has 1 unspecified atom stereocenters. The second kappa shape index (κ2) is 11.0. The van der Waals surface area contributed by atoms with Crippen molar-refractivity contribution in [3.63, 3.8) is 0 Å². The Balaban J connectivity index is 2.11. The molecule has 0 heterocycles. The number of hydrogen-bond donors (Lipinski definition) is 1. The Kier molecular flexibility index (Phi) is 8.69. The van der Waals surface area contributed by atoms with Crippen molar-refractivity contribution in [2.24, 2.45) is 0 Å². The summed E-state index contributed by atoms with van der Waals surface area (Å²) in [5, 5.41) is 3.26. The van der Waals surface area contributed by atoms with Gasteiger partial charge in [0.15, 0.2) is 0 Å². The fourth-order valence-electron chi connectivity index (χ4n) is 2.81. The van der Waals surface area contributed by atoms with Gasteiger partial charge in [0.05, 0.1) is 5.75 Å². The zero-order valence-corrected chi connectivity index (χ0v) is 17.2. The monoisotopic (exact) mass is 404 g/mol. The van der Waals surface area contributed by atoms with Crippen molar-refractivity contribution in [3.8, 4) is 0 Å². The number of amides is 2. The third kappa shape index (κ3) is 6.29. The highest BCUT2D eigenvalue weighted by molar-refractivity contribution is 7.99. The maximum atomic E-state index is 13.0. The van der Waals surface area contributed by atoms with Gasteiger partial charge in [-0.25, -0.2) is 0 Å². The van der Waals surface area contributed by atoms with Gasteiger partial charge in [0.1, 0.15) is 6.04 Å². The molecule has 0 spiro atoms. The van der Waals surface area contributed by atoms with Crippen LogP contribution in [0.4, 0.5) is 0 Å². The zero-order chi connectivity index (χ0) is 19.6. The Bertz CT molecular complexity index is 755. The first-order chi connectivity index (χ1) is 13.1. The number of carbonyl (C=O) groups is 2. The summed E-state index contributed by atoms with van der Waals surface area (Å²) in [4.78, 5) is 26.9. The van der Waals surface area contributed by atoms with Gasteiger partial charge in [0, 0.05) is 24.4 Å². The number of nitrogens with one attached hydrogen (secondary N) is 1. The minimum atomic E-state index is -0.518. The fraction of sp³-hybridized carbons (Fsp3) is 0.333. The molecule has 0 bridgehead atoms. The van der Waals surface area contributed by atoms with Gasteiger partial charge in [-0.3, -0.25) is 9.59 Å². The molecular weight excluding hydrogens is 380 g/mol. The maximum Gasteiger partial charge on any atom is 0.242 e. The molecule has 2 rings (SSSR count). The second-order valence-electron chi connectivity index (χ2n) is 6.13. The molecule has 2 aromatic rings. The maximum absolute atomic E-state index is 13.0. The fourth-order valence-corrected chi connectivity index (χ4v) is 3.88. The third-order valence-corrected chi connectivity index (χ3v) is 5.63. The number of carbonyl (C=O) groups excluding carboxylic acids is 2. The molecule has 0 aliphatic carbocycles. The quantitative estimate of drug-likeness (QED) is 0.683. The second-order valence-corrected chi connectivity index (χ2v) is 7.52. The van der Waals surface area contributed by atoms with Crippen LogP contribution in [0.5, 0.6) is 0 Å². The van der Waals surface area contributed by atoms with Crippen molar-refractivity contribution in [1.82, 2.24) is 10.2 Å². The van der Waals surface area contributed by atoms with E-state index >= 15 is 0 Å². The Morgan fingerprint density at radius 3 is 2.41 bits per heavy atom. The van der Waals surface area contributed by atoms with Crippen LogP contribution in [-0.4, -0.2) is 35.6 Å². The van der Waals surface area contributed by atoms with E-state index in [0.717, 1.165) is 11.3 Å². The highest BCUT2D eigenvalue weighted by Crippen LogP contribution is 2.21. The molecular formula is C21H25ClN2O2S. The average molecular weight is 405 g/mol. The van der Waals surface area contributed by atoms with Crippen molar-refractivity contribution >= 4 is 35.2 Å². The van der Waals surface area contributed by atoms with Gasteiger partial charge < -0.3 is 10.2 Å². The lowest BCUT2D eigenvalue weighted by Gasteiger charge is -2.30. The van der Waals surface area contributed by atoms with Crippen molar-refractivity contribution in [2.45, 2.75) is 31.7 Å². The number of nitrogens with zero attached hydrogens (tertiary/aromatic N) is 1. The molecule has 6 heteroatoms. The molecule has 0 saturated heterocycles. The summed E-state index contributed by atoms with van der Waals surface area (Å²) in [7, 11) is 1.59. The van der Waals surface area contributed by atoms with Crippen molar-refractivity contribution in [2.75, 3.05) is 12.8 Å². The van der Waals surface area contributed by atoms with Gasteiger partial charge in [0.2, 0.25) is 11.8 Å². The van der Waals surface area contributed by atoms with Crippen LogP contribution < -0.4 is 5.32 Å². The van der Waals surface area contributed by atoms with Crippen LogP contribution in [0.3, 0.4) is 0 Å². The molecule has 0 fully saturated rings. The summed E-state index contributed by atoms with van der Waals surface area (Å²) in [5.41, 5.74) is 2.01. The minimum Gasteiger partial charge on any atom is -0.357 e. The Morgan fingerprint density at radius 1 is 1.11 bits per heavy atom. The average Bonchev–Trinajstić information content (AvgIpc) is 2.69. The number of likely N-dealkylation sites (N-methyl/N-ethyl adjacent to an activating group) is 1. The lowest BCUT2D eigenvalue weighted by Crippen LogP contribution is -2.48. The lowest BCUT2D eigenvalue weighted by atomic mass is 10.1. The highest BCUT2D eigenvalue weighted by atomic mass is 35.5. The summed E-state index contributed by atoms with van der Waals surface area (Å²) >= 11 is 7.82. The van der Waals surface area contributed by atoms with E-state index in [2.05, 4.69) is 5.32 Å². The van der Waals surface area contributed by atoms with Gasteiger partial charge in [-0.05, 0) is 23.6 Å². The molecule has 27 heavy (non-hydrogen) atoms. The first-order valence-electron chi connectivity index (χ1n) is 8.93. The van der Waals surface area contributed by atoms with Gasteiger partial charge >= 0.3 is 0 Å². The molecule has 1 atom stereocenters. The third-order valence-electron chi connectivity index (χ3n) is 4.27. The van der Waals surface area contributed by atoms with E-state index in [9.17, 15) is 9.59 Å². The molecule has 1 N–H and O–H groups in total. The smallest absolute Gasteiger partial charge is 0.242 e. The standard InChI is InChI=1S/C21H25ClN2O2S/c1-3-19(21(26)23-2)24(13-17-11-7-8-12-18(17)22)20(25)15-27-14-16-9-5-4-6-10-16/h4-12,19H,3,13-15H2,1-2H3,(H,23,26). The predicted molar refractivity (Wildman–Crippen MR) is 113 cm³/mol. The SMILES string of the molecule is CCC(C(=O)NC)N(Cc1ccccc1Cl)C(=O)CSCc1ccccc1. The summed E-state index contributed by atoms with van der Waals surface area (Å²) < 4.78 is 0. The molecule has 144 valence electrons. The largest absolute Gasteiger partial charge is 0.357 e. The number of halogens is 1. The number of benzene rings is 2. The molecule has 4 nitrogen and oxygen atoms in total. The van der Waals surface area contributed by atoms with E-state index in [-0.39, 0.29) is 11.8 Å². The topological polar surface area (TPSA) is 49.4 Å². The summed E-state index contributed by atoms with van der Waals surface area (Å²) in [5.74, 6) is 0.841. The Hall–Kier alpha value is -1.98. The molecule has 0 saturated carbocycles. The van der Waals surface area contributed by atoms with Crippen LogP contribution in [0, 0.1) is 0 Å². The summed E-state index contributed by atoms with van der Waals surface area (Å²) in [6.45, 7) is 2.22. The zero-order valence-electron chi connectivity index (χ0n) is 15.7. The molecule has 2 amide bonds. The molecule has 0 aromatic heterocycles. The molecule has 0 aliphatic rings. The van der Waals surface area contributed by atoms with E-state index in [1.54, 1.807) is 29.8 Å². The number of rotatable bonds is 9. The van der Waals surface area contributed by atoms with Crippen LogP contribution in [-0.2, 0) is 21.9 Å². The van der Waals surface area contributed by atoms with Gasteiger partial charge in [-0.1, -0.05) is 67.1 Å². The van der Waals surface area contributed by atoms with E-state index in [4.69, 9.17) is 11.6 Å². The molecule has 0 radical (unpaired) electrons. The van der Waals surface area contributed by atoms with Crippen molar-refractivity contribution in [1.29, 1.82) is 0 Å². The van der Waals surface area contributed by atoms with Crippen LogP contribution in [0.15, 0.2) is 54.6 Å². The molecule has 0 aliphatic heterocycles.